The summed E-state index contributed by atoms with van der Waals surface area (Å²) in [6.07, 6.45) is 0. The molecule has 0 aromatic heterocycles. The number of phenols is 1. The Labute approximate surface area is 189 Å². The third-order valence-electron chi connectivity index (χ3n) is 4.06. The van der Waals surface area contributed by atoms with Crippen molar-refractivity contribution in [3.8, 4) is 11.5 Å². The van der Waals surface area contributed by atoms with Crippen LogP contribution in [0.2, 0.25) is 10.0 Å². The molecular formula is C19H16Cl2N2O6S2. The molecule has 3 aromatic carbocycles. The Kier molecular flexibility index (Phi) is 6.56. The number of aromatic hydroxyl groups is 1. The van der Waals surface area contributed by atoms with Crippen LogP contribution in [-0.4, -0.2) is 29.1 Å². The summed E-state index contributed by atoms with van der Waals surface area (Å²) in [6, 6.07) is 13.6. The minimum atomic E-state index is -4.34. The van der Waals surface area contributed by atoms with Gasteiger partial charge in [0.1, 0.15) is 16.4 Å². The maximum absolute atomic E-state index is 12.8. The van der Waals surface area contributed by atoms with E-state index < -0.39 is 30.7 Å². The van der Waals surface area contributed by atoms with E-state index in [4.69, 9.17) is 27.9 Å². The molecule has 3 rings (SSSR count). The number of methoxy groups -OCH3 is 1. The van der Waals surface area contributed by atoms with Crippen LogP contribution in [0.15, 0.2) is 70.5 Å². The van der Waals surface area contributed by atoms with E-state index in [1.54, 1.807) is 18.2 Å². The summed E-state index contributed by atoms with van der Waals surface area (Å²) in [5, 5.41) is 9.82. The Hall–Kier alpha value is -2.66. The average molecular weight is 503 g/mol. The van der Waals surface area contributed by atoms with Crippen LogP contribution in [0, 0.1) is 0 Å². The summed E-state index contributed by atoms with van der Waals surface area (Å²) >= 11 is 11.9. The molecule has 0 heterocycles. The van der Waals surface area contributed by atoms with Crippen LogP contribution in [0.1, 0.15) is 0 Å². The first-order valence-electron chi connectivity index (χ1n) is 8.51. The Morgan fingerprint density at radius 2 is 1.42 bits per heavy atom. The highest BCUT2D eigenvalue weighted by molar-refractivity contribution is 7.93. The van der Waals surface area contributed by atoms with Crippen LogP contribution >= 0.6 is 23.2 Å². The lowest BCUT2D eigenvalue weighted by Crippen LogP contribution is -2.16. The predicted octanol–water partition coefficient (Wildman–Crippen LogP) is 4.31. The van der Waals surface area contributed by atoms with Gasteiger partial charge >= 0.3 is 0 Å². The van der Waals surface area contributed by atoms with E-state index in [-0.39, 0.29) is 26.3 Å². The SMILES string of the molecule is COc1ccccc1NS(=O)(=O)c1ccc(O)c(NS(=O)(=O)c2c(Cl)cccc2Cl)c1. The summed E-state index contributed by atoms with van der Waals surface area (Å²) in [5.41, 5.74) is -0.193. The van der Waals surface area contributed by atoms with Crippen molar-refractivity contribution in [3.05, 3.63) is 70.7 Å². The van der Waals surface area contributed by atoms with E-state index in [0.717, 1.165) is 18.2 Å². The smallest absolute Gasteiger partial charge is 0.264 e. The molecule has 0 amide bonds. The van der Waals surface area contributed by atoms with Gasteiger partial charge in [0.2, 0.25) is 0 Å². The fourth-order valence-corrected chi connectivity index (χ4v) is 5.94. The van der Waals surface area contributed by atoms with Gasteiger partial charge in [-0.1, -0.05) is 41.4 Å². The van der Waals surface area contributed by atoms with Gasteiger partial charge in [0.25, 0.3) is 20.0 Å². The van der Waals surface area contributed by atoms with Gasteiger partial charge in [0.05, 0.1) is 33.4 Å². The molecule has 0 fully saturated rings. The maximum atomic E-state index is 12.8. The zero-order chi connectivity index (χ0) is 22.8. The summed E-state index contributed by atoms with van der Waals surface area (Å²) in [6.45, 7) is 0. The lowest BCUT2D eigenvalue weighted by atomic mass is 10.3. The molecule has 0 saturated heterocycles. The van der Waals surface area contributed by atoms with Crippen LogP contribution in [0.5, 0.6) is 11.5 Å². The van der Waals surface area contributed by atoms with Crippen LogP contribution in [0.25, 0.3) is 0 Å². The minimum absolute atomic E-state index is 0.138. The van der Waals surface area contributed by atoms with Crippen molar-refractivity contribution in [2.45, 2.75) is 9.79 Å². The molecule has 164 valence electrons. The summed E-state index contributed by atoms with van der Waals surface area (Å²) in [4.78, 5) is -0.711. The number of halogens is 2. The van der Waals surface area contributed by atoms with Gasteiger partial charge in [0, 0.05) is 0 Å². The second-order valence-electron chi connectivity index (χ2n) is 6.14. The first-order chi connectivity index (χ1) is 14.5. The topological polar surface area (TPSA) is 122 Å². The van der Waals surface area contributed by atoms with Crippen LogP contribution in [0.3, 0.4) is 0 Å². The summed E-state index contributed by atoms with van der Waals surface area (Å²) in [5.74, 6) is -0.206. The Morgan fingerprint density at radius 3 is 2.06 bits per heavy atom. The molecular weight excluding hydrogens is 487 g/mol. The number of nitrogens with one attached hydrogen (secondary N) is 2. The van der Waals surface area contributed by atoms with Crippen molar-refractivity contribution in [2.24, 2.45) is 0 Å². The molecule has 0 atom stereocenters. The molecule has 0 radical (unpaired) electrons. The zero-order valence-corrected chi connectivity index (χ0v) is 19.0. The van der Waals surface area contributed by atoms with Gasteiger partial charge in [-0.25, -0.2) is 16.8 Å². The van der Waals surface area contributed by atoms with Crippen molar-refractivity contribution >= 4 is 54.6 Å². The Morgan fingerprint density at radius 1 is 0.806 bits per heavy atom. The second kappa shape index (κ2) is 8.83. The number of rotatable bonds is 7. The van der Waals surface area contributed by atoms with Crippen molar-refractivity contribution < 1.29 is 26.7 Å². The Bertz CT molecular complexity index is 1330. The fraction of sp³-hybridized carbons (Fsp3) is 0.0526. The van der Waals surface area contributed by atoms with Gasteiger partial charge in [-0.15, -0.1) is 0 Å². The molecule has 0 bridgehead atoms. The quantitative estimate of drug-likeness (QED) is 0.413. The molecule has 0 unspecified atom stereocenters. The van der Waals surface area contributed by atoms with E-state index in [9.17, 15) is 21.9 Å². The first-order valence-corrected chi connectivity index (χ1v) is 12.2. The number of hydrogen-bond donors (Lipinski definition) is 3. The number of hydrogen-bond acceptors (Lipinski definition) is 6. The van der Waals surface area contributed by atoms with E-state index in [2.05, 4.69) is 9.44 Å². The lowest BCUT2D eigenvalue weighted by molar-refractivity contribution is 0.417. The van der Waals surface area contributed by atoms with Crippen molar-refractivity contribution in [1.82, 2.24) is 0 Å². The van der Waals surface area contributed by atoms with E-state index >= 15 is 0 Å². The molecule has 0 saturated carbocycles. The molecule has 3 N–H and O–H groups in total. The fourth-order valence-electron chi connectivity index (χ4n) is 2.63. The highest BCUT2D eigenvalue weighted by Crippen LogP contribution is 2.34. The first kappa shape index (κ1) is 23.0. The summed E-state index contributed by atoms with van der Waals surface area (Å²) < 4.78 is 60.7. The third-order valence-corrected chi connectivity index (χ3v) is 7.74. The zero-order valence-electron chi connectivity index (χ0n) is 15.8. The molecule has 31 heavy (non-hydrogen) atoms. The highest BCUT2D eigenvalue weighted by Gasteiger charge is 2.24. The number of sulfonamides is 2. The number of ether oxygens (including phenoxy) is 1. The highest BCUT2D eigenvalue weighted by atomic mass is 35.5. The molecule has 0 aliphatic heterocycles. The lowest BCUT2D eigenvalue weighted by Gasteiger charge is -2.15. The normalized spacial score (nSPS) is 11.7. The van der Waals surface area contributed by atoms with E-state index in [1.807, 2.05) is 0 Å². The summed E-state index contributed by atoms with van der Waals surface area (Å²) in [7, 11) is -7.10. The monoisotopic (exact) mass is 502 g/mol. The predicted molar refractivity (Wildman–Crippen MR) is 119 cm³/mol. The number of phenolic OH excluding ortho intramolecular Hbond substituents is 1. The number of anilines is 2. The number of benzene rings is 3. The van der Waals surface area contributed by atoms with Crippen LogP contribution in [-0.2, 0) is 20.0 Å². The largest absolute Gasteiger partial charge is 0.506 e. The average Bonchev–Trinajstić information content (AvgIpc) is 2.69. The van der Waals surface area contributed by atoms with Crippen molar-refractivity contribution in [3.63, 3.8) is 0 Å². The molecule has 0 spiro atoms. The van der Waals surface area contributed by atoms with Crippen LogP contribution < -0.4 is 14.2 Å². The molecule has 0 aliphatic carbocycles. The van der Waals surface area contributed by atoms with E-state index in [0.29, 0.717) is 5.75 Å². The van der Waals surface area contributed by atoms with Crippen LogP contribution in [0.4, 0.5) is 11.4 Å². The van der Waals surface area contributed by atoms with Gasteiger partial charge in [-0.3, -0.25) is 9.44 Å². The molecule has 8 nitrogen and oxygen atoms in total. The third kappa shape index (κ3) is 4.99. The van der Waals surface area contributed by atoms with Gasteiger partial charge in [0.15, 0.2) is 0 Å². The Balaban J connectivity index is 1.98. The standard InChI is InChI=1S/C19H16Cl2N2O6S2/c1-29-18-8-3-2-7-15(18)22-30(25,26)12-9-10-17(24)16(11-12)23-31(27,28)19-13(20)5-4-6-14(19)21/h2-11,22-24H,1H3. The van der Waals surface area contributed by atoms with Crippen molar-refractivity contribution in [1.29, 1.82) is 0 Å². The van der Waals surface area contributed by atoms with Gasteiger partial charge in [-0.2, -0.15) is 0 Å². The molecule has 0 aliphatic rings. The van der Waals surface area contributed by atoms with E-state index in [1.165, 1.54) is 31.4 Å². The molecule has 12 heteroatoms. The number of para-hydroxylation sites is 2. The minimum Gasteiger partial charge on any atom is -0.506 e. The molecule has 3 aromatic rings. The van der Waals surface area contributed by atoms with Gasteiger partial charge < -0.3 is 9.84 Å². The second-order valence-corrected chi connectivity index (χ2v) is 10.3. The van der Waals surface area contributed by atoms with Crippen molar-refractivity contribution in [2.75, 3.05) is 16.6 Å². The maximum Gasteiger partial charge on any atom is 0.264 e. The van der Waals surface area contributed by atoms with Gasteiger partial charge in [-0.05, 0) is 42.5 Å².